The van der Waals surface area contributed by atoms with Crippen molar-refractivity contribution < 1.29 is 8.42 Å². The van der Waals surface area contributed by atoms with Gasteiger partial charge in [0.1, 0.15) is 0 Å². The maximum absolute atomic E-state index is 11.3. The van der Waals surface area contributed by atoms with Gasteiger partial charge in [0.25, 0.3) is 0 Å². The van der Waals surface area contributed by atoms with Gasteiger partial charge in [-0.25, -0.2) is 17.4 Å². The van der Waals surface area contributed by atoms with E-state index < -0.39 is 10.0 Å². The van der Waals surface area contributed by atoms with Crippen LogP contribution in [0.25, 0.3) is 11.0 Å². The molecule has 74 valence electrons. The first-order valence-corrected chi connectivity index (χ1v) is 6.05. The second-order valence-electron chi connectivity index (χ2n) is 2.90. The molecule has 0 atom stereocenters. The van der Waals surface area contributed by atoms with E-state index in [4.69, 9.17) is 11.6 Å². The second-order valence-corrected chi connectivity index (χ2v) is 5.17. The maximum Gasteiger partial charge on any atom is 0.237 e. The van der Waals surface area contributed by atoms with Gasteiger partial charge in [-0.1, -0.05) is 11.6 Å². The molecule has 0 aromatic carbocycles. The molecular weight excluding hydrogens is 224 g/mol. The van der Waals surface area contributed by atoms with Crippen LogP contribution in [0.4, 0.5) is 0 Å². The van der Waals surface area contributed by atoms with E-state index in [1.165, 1.54) is 12.4 Å². The molecule has 0 unspecified atom stereocenters. The number of hydrogen-bond acceptors (Lipinski definition) is 3. The van der Waals surface area contributed by atoms with Crippen molar-refractivity contribution in [2.45, 2.75) is 0 Å². The third-order valence-electron chi connectivity index (χ3n) is 1.86. The minimum absolute atomic E-state index is 0.361. The molecule has 0 aliphatic heterocycles. The van der Waals surface area contributed by atoms with Crippen molar-refractivity contribution in [2.24, 2.45) is 0 Å². The van der Waals surface area contributed by atoms with E-state index >= 15 is 0 Å². The predicted molar refractivity (Wildman–Crippen MR) is 55.0 cm³/mol. The molecule has 14 heavy (non-hydrogen) atoms. The van der Waals surface area contributed by atoms with Crippen LogP contribution < -0.4 is 0 Å². The molecule has 0 saturated carbocycles. The van der Waals surface area contributed by atoms with E-state index in [-0.39, 0.29) is 0 Å². The van der Waals surface area contributed by atoms with Crippen LogP contribution in [0.2, 0.25) is 5.02 Å². The largest absolute Gasteiger partial charge is 0.237 e. The monoisotopic (exact) mass is 230 g/mol. The van der Waals surface area contributed by atoms with Gasteiger partial charge in [0.15, 0.2) is 5.65 Å². The normalized spacial score (nSPS) is 12.1. The van der Waals surface area contributed by atoms with Crippen molar-refractivity contribution in [3.8, 4) is 0 Å². The molecule has 6 heteroatoms. The Balaban J connectivity index is 2.90. The maximum atomic E-state index is 11.3. The van der Waals surface area contributed by atoms with Gasteiger partial charge in [-0.2, -0.15) is 0 Å². The summed E-state index contributed by atoms with van der Waals surface area (Å²) in [6.07, 6.45) is 4.04. The van der Waals surface area contributed by atoms with E-state index in [0.29, 0.717) is 16.1 Å². The van der Waals surface area contributed by atoms with Gasteiger partial charge in [-0.3, -0.25) is 0 Å². The molecule has 0 fully saturated rings. The van der Waals surface area contributed by atoms with E-state index in [2.05, 4.69) is 4.98 Å². The summed E-state index contributed by atoms with van der Waals surface area (Å²) in [5.74, 6) is 0. The van der Waals surface area contributed by atoms with Crippen molar-refractivity contribution in [1.29, 1.82) is 0 Å². The van der Waals surface area contributed by atoms with Crippen LogP contribution in [0, 0.1) is 0 Å². The van der Waals surface area contributed by atoms with Gasteiger partial charge in [-0.05, 0) is 12.1 Å². The average molecular weight is 231 g/mol. The molecule has 0 bridgehead atoms. The lowest BCUT2D eigenvalue weighted by molar-refractivity contribution is 0.595. The third-order valence-corrected chi connectivity index (χ3v) is 3.20. The molecule has 0 aliphatic carbocycles. The van der Waals surface area contributed by atoms with Gasteiger partial charge >= 0.3 is 0 Å². The fourth-order valence-electron chi connectivity index (χ4n) is 1.25. The minimum Gasteiger partial charge on any atom is -0.237 e. The van der Waals surface area contributed by atoms with Gasteiger partial charge in [0.2, 0.25) is 10.0 Å². The van der Waals surface area contributed by atoms with Crippen molar-refractivity contribution >= 4 is 32.7 Å². The van der Waals surface area contributed by atoms with Crippen LogP contribution in [0.15, 0.2) is 24.5 Å². The smallest absolute Gasteiger partial charge is 0.237 e. The van der Waals surface area contributed by atoms with Crippen LogP contribution in [0.3, 0.4) is 0 Å². The van der Waals surface area contributed by atoms with Crippen molar-refractivity contribution in [2.75, 3.05) is 6.26 Å². The summed E-state index contributed by atoms with van der Waals surface area (Å²) < 4.78 is 23.7. The summed E-state index contributed by atoms with van der Waals surface area (Å²) in [5, 5.41) is 1.14. The Morgan fingerprint density at radius 2 is 2.14 bits per heavy atom. The topological polar surface area (TPSA) is 52.0 Å². The zero-order valence-electron chi connectivity index (χ0n) is 7.31. The molecule has 2 rings (SSSR count). The molecule has 2 heterocycles. The Morgan fingerprint density at radius 3 is 2.79 bits per heavy atom. The summed E-state index contributed by atoms with van der Waals surface area (Å²) in [5.41, 5.74) is 0.361. The zero-order valence-corrected chi connectivity index (χ0v) is 8.88. The summed E-state index contributed by atoms with van der Waals surface area (Å²) in [6, 6.07) is 3.25. The number of hydrogen-bond donors (Lipinski definition) is 0. The number of aromatic nitrogens is 2. The van der Waals surface area contributed by atoms with E-state index in [1.54, 1.807) is 12.1 Å². The molecule has 0 spiro atoms. The highest BCUT2D eigenvalue weighted by Gasteiger charge is 2.11. The Morgan fingerprint density at radius 1 is 1.43 bits per heavy atom. The average Bonchev–Trinajstić information content (AvgIpc) is 2.47. The van der Waals surface area contributed by atoms with E-state index in [1.807, 2.05) is 0 Å². The lowest BCUT2D eigenvalue weighted by atomic mass is 10.3. The lowest BCUT2D eigenvalue weighted by Crippen LogP contribution is -2.08. The Bertz CT molecular complexity index is 588. The van der Waals surface area contributed by atoms with E-state index in [0.717, 1.165) is 10.2 Å². The van der Waals surface area contributed by atoms with Crippen LogP contribution in [-0.2, 0) is 10.0 Å². The molecule has 4 nitrogen and oxygen atoms in total. The van der Waals surface area contributed by atoms with Crippen molar-refractivity contribution in [3.05, 3.63) is 29.5 Å². The summed E-state index contributed by atoms with van der Waals surface area (Å²) in [7, 11) is -3.31. The molecule has 0 aliphatic rings. The molecule has 0 radical (unpaired) electrons. The fourth-order valence-corrected chi connectivity index (χ4v) is 2.20. The highest BCUT2D eigenvalue weighted by Crippen LogP contribution is 2.22. The van der Waals surface area contributed by atoms with E-state index in [9.17, 15) is 8.42 Å². The first kappa shape index (κ1) is 9.48. The highest BCUT2D eigenvalue weighted by molar-refractivity contribution is 7.89. The number of fused-ring (bicyclic) bond motifs is 1. The van der Waals surface area contributed by atoms with Crippen molar-refractivity contribution in [3.63, 3.8) is 0 Å². The number of nitrogens with zero attached hydrogens (tertiary/aromatic N) is 2. The number of rotatable bonds is 1. The van der Waals surface area contributed by atoms with Gasteiger partial charge in [-0.15, -0.1) is 0 Å². The highest BCUT2D eigenvalue weighted by atomic mass is 35.5. The van der Waals surface area contributed by atoms with Gasteiger partial charge in [0.05, 0.1) is 11.3 Å². The Labute approximate surface area is 86.2 Å². The Kier molecular flexibility index (Phi) is 2.01. The number of halogens is 1. The first-order valence-electron chi connectivity index (χ1n) is 3.82. The molecule has 0 N–H and O–H groups in total. The van der Waals surface area contributed by atoms with Crippen LogP contribution in [0.5, 0.6) is 0 Å². The first-order chi connectivity index (χ1) is 6.50. The standard InChI is InChI=1S/C8H7ClN2O2S/c1-14(12,13)11-5-3-6-7(9)2-4-10-8(6)11/h2-5H,1H3. The van der Waals surface area contributed by atoms with Gasteiger partial charge < -0.3 is 0 Å². The van der Waals surface area contributed by atoms with Gasteiger partial charge in [0, 0.05) is 17.8 Å². The Hall–Kier alpha value is -1.07. The molecule has 2 aromatic heterocycles. The summed E-state index contributed by atoms with van der Waals surface area (Å²) >= 11 is 5.87. The molecule has 2 aromatic rings. The quantitative estimate of drug-likeness (QED) is 0.746. The summed E-state index contributed by atoms with van der Waals surface area (Å²) in [6.45, 7) is 0. The fraction of sp³-hybridized carbons (Fsp3) is 0.125. The molecule has 0 amide bonds. The summed E-state index contributed by atoms with van der Waals surface area (Å²) in [4.78, 5) is 3.97. The molecular formula is C8H7ClN2O2S. The third kappa shape index (κ3) is 1.38. The molecule has 0 saturated heterocycles. The predicted octanol–water partition coefficient (Wildman–Crippen LogP) is 1.50. The lowest BCUT2D eigenvalue weighted by Gasteiger charge is -2.00. The van der Waals surface area contributed by atoms with Crippen LogP contribution >= 0.6 is 11.6 Å². The zero-order chi connectivity index (χ0) is 10.3. The second kappa shape index (κ2) is 2.96. The SMILES string of the molecule is CS(=O)(=O)n1ccc2c(Cl)ccnc21. The van der Waals surface area contributed by atoms with Crippen LogP contribution in [0.1, 0.15) is 0 Å². The number of pyridine rings is 1. The van der Waals surface area contributed by atoms with Crippen molar-refractivity contribution in [1.82, 2.24) is 8.96 Å². The minimum atomic E-state index is -3.31. The van der Waals surface area contributed by atoms with Crippen LogP contribution in [-0.4, -0.2) is 23.6 Å².